The SMILES string of the molecule is CCc1n(CCCC(=O)O)cc[n+]1C. The Morgan fingerprint density at radius 3 is 2.93 bits per heavy atom. The zero-order valence-electron chi connectivity index (χ0n) is 8.73. The van der Waals surface area contributed by atoms with Gasteiger partial charge in [-0.05, 0) is 6.42 Å². The second-order valence-electron chi connectivity index (χ2n) is 3.37. The number of hydrogen-bond acceptors (Lipinski definition) is 1. The molecule has 0 aromatic carbocycles. The van der Waals surface area contributed by atoms with Crippen LogP contribution in [0.2, 0.25) is 0 Å². The number of rotatable bonds is 5. The summed E-state index contributed by atoms with van der Waals surface area (Å²) >= 11 is 0. The Morgan fingerprint density at radius 2 is 2.36 bits per heavy atom. The maximum absolute atomic E-state index is 10.3. The van der Waals surface area contributed by atoms with Gasteiger partial charge in [0.2, 0.25) is 0 Å². The zero-order chi connectivity index (χ0) is 10.6. The lowest BCUT2D eigenvalue weighted by Gasteiger charge is -1.99. The lowest BCUT2D eigenvalue weighted by atomic mass is 10.3. The van der Waals surface area contributed by atoms with Crippen LogP contribution in [0.1, 0.15) is 25.6 Å². The van der Waals surface area contributed by atoms with Crippen molar-refractivity contribution in [2.45, 2.75) is 32.7 Å². The summed E-state index contributed by atoms with van der Waals surface area (Å²) in [5.74, 6) is 0.509. The maximum Gasteiger partial charge on any atom is 0.303 e. The van der Waals surface area contributed by atoms with Crippen LogP contribution < -0.4 is 4.57 Å². The molecule has 0 spiro atoms. The first-order valence-electron chi connectivity index (χ1n) is 4.90. The van der Waals surface area contributed by atoms with Crippen LogP contribution in [0.25, 0.3) is 0 Å². The fourth-order valence-corrected chi connectivity index (χ4v) is 1.61. The van der Waals surface area contributed by atoms with E-state index >= 15 is 0 Å². The molecule has 4 nitrogen and oxygen atoms in total. The summed E-state index contributed by atoms with van der Waals surface area (Å²) < 4.78 is 4.18. The van der Waals surface area contributed by atoms with Gasteiger partial charge in [0.05, 0.1) is 13.6 Å². The number of aryl methyl sites for hydroxylation is 2. The number of nitrogens with zero attached hydrogens (tertiary/aromatic N) is 2. The summed E-state index contributed by atoms with van der Waals surface area (Å²) in [6, 6.07) is 0. The Bertz CT molecular complexity index is 318. The Morgan fingerprint density at radius 1 is 1.64 bits per heavy atom. The molecule has 14 heavy (non-hydrogen) atoms. The molecular formula is C10H17N2O2+. The van der Waals surface area contributed by atoms with E-state index in [4.69, 9.17) is 5.11 Å². The molecule has 0 aliphatic heterocycles. The van der Waals surface area contributed by atoms with E-state index in [1.54, 1.807) is 0 Å². The van der Waals surface area contributed by atoms with E-state index in [-0.39, 0.29) is 6.42 Å². The average molecular weight is 197 g/mol. The molecular weight excluding hydrogens is 180 g/mol. The number of carboxylic acids is 1. The third-order valence-electron chi connectivity index (χ3n) is 2.31. The monoisotopic (exact) mass is 197 g/mol. The van der Waals surface area contributed by atoms with E-state index in [1.807, 2.05) is 19.4 Å². The summed E-state index contributed by atoms with van der Waals surface area (Å²) in [5.41, 5.74) is 0. The third-order valence-corrected chi connectivity index (χ3v) is 2.31. The van der Waals surface area contributed by atoms with Gasteiger partial charge >= 0.3 is 5.97 Å². The quantitative estimate of drug-likeness (QED) is 0.708. The van der Waals surface area contributed by atoms with Gasteiger partial charge in [0.1, 0.15) is 12.4 Å². The van der Waals surface area contributed by atoms with Crippen molar-refractivity contribution in [1.82, 2.24) is 4.57 Å². The predicted octanol–water partition coefficient (Wildman–Crippen LogP) is 0.740. The fraction of sp³-hybridized carbons (Fsp3) is 0.600. The highest BCUT2D eigenvalue weighted by Crippen LogP contribution is 2.00. The van der Waals surface area contributed by atoms with Crippen LogP contribution in [0.3, 0.4) is 0 Å². The van der Waals surface area contributed by atoms with Crippen molar-refractivity contribution >= 4 is 5.97 Å². The number of imidazole rings is 1. The fourth-order valence-electron chi connectivity index (χ4n) is 1.61. The van der Waals surface area contributed by atoms with Crippen molar-refractivity contribution in [1.29, 1.82) is 0 Å². The Hall–Kier alpha value is -1.32. The molecule has 0 radical (unpaired) electrons. The largest absolute Gasteiger partial charge is 0.481 e. The lowest BCUT2D eigenvalue weighted by molar-refractivity contribution is -0.678. The minimum atomic E-state index is -0.723. The van der Waals surface area contributed by atoms with Gasteiger partial charge in [-0.1, -0.05) is 6.92 Å². The molecule has 0 atom stereocenters. The molecule has 1 heterocycles. The van der Waals surface area contributed by atoms with E-state index in [0.29, 0.717) is 6.42 Å². The first kappa shape index (κ1) is 10.8. The Labute approximate surface area is 83.8 Å². The van der Waals surface area contributed by atoms with Crippen LogP contribution >= 0.6 is 0 Å². The first-order valence-corrected chi connectivity index (χ1v) is 4.90. The smallest absolute Gasteiger partial charge is 0.303 e. The van der Waals surface area contributed by atoms with E-state index < -0.39 is 5.97 Å². The normalized spacial score (nSPS) is 10.4. The highest BCUT2D eigenvalue weighted by Gasteiger charge is 2.11. The molecule has 1 N–H and O–H groups in total. The highest BCUT2D eigenvalue weighted by molar-refractivity contribution is 5.66. The van der Waals surface area contributed by atoms with E-state index in [0.717, 1.165) is 13.0 Å². The summed E-state index contributed by atoms with van der Waals surface area (Å²) in [4.78, 5) is 10.3. The number of aromatic nitrogens is 2. The molecule has 78 valence electrons. The van der Waals surface area contributed by atoms with Crippen LogP contribution in [0.4, 0.5) is 0 Å². The number of carboxylic acid groups (broad SMARTS) is 1. The minimum absolute atomic E-state index is 0.241. The second-order valence-corrected chi connectivity index (χ2v) is 3.37. The molecule has 0 aliphatic rings. The summed E-state index contributed by atoms with van der Waals surface area (Å²) in [5, 5.41) is 8.51. The van der Waals surface area contributed by atoms with Crippen molar-refractivity contribution in [2.24, 2.45) is 7.05 Å². The molecule has 1 aromatic rings. The lowest BCUT2D eigenvalue weighted by Crippen LogP contribution is -2.31. The molecule has 1 aromatic heterocycles. The minimum Gasteiger partial charge on any atom is -0.481 e. The van der Waals surface area contributed by atoms with Gasteiger partial charge in [0, 0.05) is 12.8 Å². The zero-order valence-corrected chi connectivity index (χ0v) is 8.73. The Balaban J connectivity index is 2.54. The standard InChI is InChI=1S/C10H16N2O2/c1-3-9-11(2)7-8-12(9)6-4-5-10(13)14/h7-8H,3-6H2,1-2H3/p+1. The molecule has 0 bridgehead atoms. The molecule has 1 rings (SSSR count). The number of carbonyl (C=O) groups is 1. The second kappa shape index (κ2) is 4.79. The van der Waals surface area contributed by atoms with Crippen LogP contribution in [0.15, 0.2) is 12.4 Å². The molecule has 0 unspecified atom stereocenters. The molecule has 0 saturated heterocycles. The van der Waals surface area contributed by atoms with Gasteiger partial charge in [0.25, 0.3) is 5.82 Å². The van der Waals surface area contributed by atoms with Crippen LogP contribution in [0, 0.1) is 0 Å². The summed E-state index contributed by atoms with van der Waals surface area (Å²) in [6.07, 6.45) is 5.90. The molecule has 4 heteroatoms. The highest BCUT2D eigenvalue weighted by atomic mass is 16.4. The average Bonchev–Trinajstić information content (AvgIpc) is 2.46. The van der Waals surface area contributed by atoms with Crippen molar-refractivity contribution < 1.29 is 14.5 Å². The van der Waals surface area contributed by atoms with Gasteiger partial charge in [-0.2, -0.15) is 0 Å². The van der Waals surface area contributed by atoms with E-state index in [2.05, 4.69) is 16.1 Å². The van der Waals surface area contributed by atoms with Crippen LogP contribution in [-0.2, 0) is 24.8 Å². The van der Waals surface area contributed by atoms with Crippen molar-refractivity contribution in [2.75, 3.05) is 0 Å². The van der Waals surface area contributed by atoms with Gasteiger partial charge in [-0.3, -0.25) is 4.79 Å². The first-order chi connectivity index (χ1) is 6.65. The van der Waals surface area contributed by atoms with Crippen molar-refractivity contribution in [3.8, 4) is 0 Å². The topological polar surface area (TPSA) is 46.1 Å². The predicted molar refractivity (Wildman–Crippen MR) is 51.9 cm³/mol. The van der Waals surface area contributed by atoms with E-state index in [1.165, 1.54) is 5.82 Å². The molecule has 0 amide bonds. The van der Waals surface area contributed by atoms with Crippen molar-refractivity contribution in [3.05, 3.63) is 18.2 Å². The maximum atomic E-state index is 10.3. The van der Waals surface area contributed by atoms with Gasteiger partial charge < -0.3 is 5.11 Å². The van der Waals surface area contributed by atoms with Gasteiger partial charge in [-0.25, -0.2) is 9.13 Å². The van der Waals surface area contributed by atoms with Gasteiger partial charge in [0.15, 0.2) is 0 Å². The van der Waals surface area contributed by atoms with Gasteiger partial charge in [-0.15, -0.1) is 0 Å². The Kier molecular flexibility index (Phi) is 3.68. The van der Waals surface area contributed by atoms with Crippen molar-refractivity contribution in [3.63, 3.8) is 0 Å². The summed E-state index contributed by atoms with van der Waals surface area (Å²) in [6.45, 7) is 2.89. The van der Waals surface area contributed by atoms with Crippen LogP contribution in [-0.4, -0.2) is 15.6 Å². The number of hydrogen-bond donors (Lipinski definition) is 1. The summed E-state index contributed by atoms with van der Waals surface area (Å²) in [7, 11) is 2.01. The van der Waals surface area contributed by atoms with E-state index in [9.17, 15) is 4.79 Å². The number of aliphatic carboxylic acids is 1. The molecule has 0 fully saturated rings. The molecule has 0 aliphatic carbocycles. The third kappa shape index (κ3) is 2.58. The van der Waals surface area contributed by atoms with Crippen LogP contribution in [0.5, 0.6) is 0 Å². The molecule has 0 saturated carbocycles.